The van der Waals surface area contributed by atoms with Gasteiger partial charge in [0.15, 0.2) is 0 Å². The van der Waals surface area contributed by atoms with Crippen LogP contribution in [-0.4, -0.2) is 32.8 Å². The number of amides is 2. The van der Waals surface area contributed by atoms with E-state index < -0.39 is 0 Å². The second-order valence-electron chi connectivity index (χ2n) is 5.45. The molecule has 0 heterocycles. The molecule has 0 radical (unpaired) electrons. The Morgan fingerprint density at radius 1 is 1.00 bits per heavy atom. The maximum atomic E-state index is 11.7. The van der Waals surface area contributed by atoms with Crippen molar-refractivity contribution in [3.05, 3.63) is 59.7 Å². The lowest BCUT2D eigenvalue weighted by molar-refractivity contribution is 0.236. The van der Waals surface area contributed by atoms with Crippen LogP contribution >= 0.6 is 0 Å². The maximum Gasteiger partial charge on any atom is 0.314 e. The van der Waals surface area contributed by atoms with E-state index in [1.807, 2.05) is 24.3 Å². The molecule has 0 atom stereocenters. The Morgan fingerprint density at radius 3 is 2.46 bits per heavy atom. The minimum atomic E-state index is -0.184. The van der Waals surface area contributed by atoms with Crippen LogP contribution in [0.2, 0.25) is 0 Å². The normalized spacial score (nSPS) is 10.1. The van der Waals surface area contributed by atoms with E-state index >= 15 is 0 Å². The van der Waals surface area contributed by atoms with E-state index in [4.69, 9.17) is 9.47 Å². The van der Waals surface area contributed by atoms with Crippen molar-refractivity contribution in [2.45, 2.75) is 13.3 Å². The van der Waals surface area contributed by atoms with Crippen molar-refractivity contribution in [2.24, 2.45) is 0 Å². The number of rotatable bonds is 8. The average molecular weight is 328 g/mol. The first-order valence-electron chi connectivity index (χ1n) is 8.01. The van der Waals surface area contributed by atoms with Gasteiger partial charge in [-0.3, -0.25) is 0 Å². The van der Waals surface area contributed by atoms with Crippen LogP contribution in [0.25, 0.3) is 0 Å². The van der Waals surface area contributed by atoms with E-state index in [2.05, 4.69) is 41.8 Å². The van der Waals surface area contributed by atoms with E-state index in [1.54, 1.807) is 7.11 Å². The molecule has 0 aliphatic rings. The molecule has 2 aromatic rings. The molecule has 5 heteroatoms. The lowest BCUT2D eigenvalue weighted by atomic mass is 10.1. The largest absolute Gasteiger partial charge is 0.497 e. The first-order chi connectivity index (χ1) is 11.7. The third-order valence-electron chi connectivity index (χ3n) is 3.52. The van der Waals surface area contributed by atoms with Gasteiger partial charge in [-0.05, 0) is 31.0 Å². The highest BCUT2D eigenvalue weighted by Crippen LogP contribution is 2.18. The predicted molar refractivity (Wildman–Crippen MR) is 94.8 cm³/mol. The standard InChI is InChI=1S/C19H24N2O3/c1-15-6-8-16(9-7-15)10-11-20-19(22)21-12-13-24-18-5-3-4-17(14-18)23-2/h3-9,14H,10-13H2,1-2H3,(H2,20,21,22). The molecule has 5 nitrogen and oxygen atoms in total. The van der Waals surface area contributed by atoms with E-state index in [1.165, 1.54) is 11.1 Å². The molecule has 2 rings (SSSR count). The lowest BCUT2D eigenvalue weighted by Gasteiger charge is -2.10. The van der Waals surface area contributed by atoms with Gasteiger partial charge in [0.1, 0.15) is 18.1 Å². The summed E-state index contributed by atoms with van der Waals surface area (Å²) in [5, 5.41) is 5.61. The molecule has 0 aliphatic carbocycles. The van der Waals surface area contributed by atoms with Crippen molar-refractivity contribution < 1.29 is 14.3 Å². The maximum absolute atomic E-state index is 11.7. The van der Waals surface area contributed by atoms with Crippen molar-refractivity contribution >= 4 is 6.03 Å². The van der Waals surface area contributed by atoms with Gasteiger partial charge in [-0.1, -0.05) is 35.9 Å². The van der Waals surface area contributed by atoms with Crippen molar-refractivity contribution in [3.8, 4) is 11.5 Å². The van der Waals surface area contributed by atoms with Gasteiger partial charge < -0.3 is 20.1 Å². The van der Waals surface area contributed by atoms with E-state index in [9.17, 15) is 4.79 Å². The fraction of sp³-hybridized carbons (Fsp3) is 0.316. The Balaban J connectivity index is 1.58. The highest BCUT2D eigenvalue weighted by atomic mass is 16.5. The number of carbonyl (C=O) groups excluding carboxylic acids is 1. The molecule has 0 saturated carbocycles. The Hall–Kier alpha value is -2.69. The zero-order valence-corrected chi connectivity index (χ0v) is 14.2. The quantitative estimate of drug-likeness (QED) is 0.733. The second-order valence-corrected chi connectivity index (χ2v) is 5.45. The average Bonchev–Trinajstić information content (AvgIpc) is 2.61. The zero-order chi connectivity index (χ0) is 17.2. The summed E-state index contributed by atoms with van der Waals surface area (Å²) in [7, 11) is 1.61. The van der Waals surface area contributed by atoms with Gasteiger partial charge in [-0.25, -0.2) is 4.79 Å². The number of methoxy groups -OCH3 is 1. The fourth-order valence-corrected chi connectivity index (χ4v) is 2.16. The van der Waals surface area contributed by atoms with Crippen LogP contribution in [0.1, 0.15) is 11.1 Å². The minimum absolute atomic E-state index is 0.184. The number of hydrogen-bond donors (Lipinski definition) is 2. The van der Waals surface area contributed by atoms with Gasteiger partial charge >= 0.3 is 6.03 Å². The van der Waals surface area contributed by atoms with Gasteiger partial charge in [0.2, 0.25) is 0 Å². The van der Waals surface area contributed by atoms with Crippen LogP contribution in [0.5, 0.6) is 11.5 Å². The van der Waals surface area contributed by atoms with Crippen LogP contribution in [0.15, 0.2) is 48.5 Å². The molecule has 0 bridgehead atoms. The highest BCUT2D eigenvalue weighted by Gasteiger charge is 2.01. The molecule has 2 aromatic carbocycles. The summed E-state index contributed by atoms with van der Waals surface area (Å²) in [6.07, 6.45) is 0.814. The molecular formula is C19H24N2O3. The summed E-state index contributed by atoms with van der Waals surface area (Å²) in [6.45, 7) is 3.50. The molecule has 2 N–H and O–H groups in total. The topological polar surface area (TPSA) is 59.6 Å². The predicted octanol–water partition coefficient (Wildman–Crippen LogP) is 2.92. The van der Waals surface area contributed by atoms with E-state index in [0.29, 0.717) is 19.7 Å². The molecule has 2 amide bonds. The molecule has 0 aromatic heterocycles. The summed E-state index contributed by atoms with van der Waals surface area (Å²) in [5.74, 6) is 1.46. The van der Waals surface area contributed by atoms with Crippen LogP contribution in [0, 0.1) is 6.92 Å². The number of urea groups is 1. The van der Waals surface area contributed by atoms with Crippen LogP contribution in [0.3, 0.4) is 0 Å². The van der Waals surface area contributed by atoms with Crippen molar-refractivity contribution in [1.82, 2.24) is 10.6 Å². The second kappa shape index (κ2) is 9.45. The summed E-state index contributed by atoms with van der Waals surface area (Å²) in [4.78, 5) is 11.7. The van der Waals surface area contributed by atoms with Crippen LogP contribution in [-0.2, 0) is 6.42 Å². The van der Waals surface area contributed by atoms with Gasteiger partial charge in [-0.2, -0.15) is 0 Å². The monoisotopic (exact) mass is 328 g/mol. The third-order valence-corrected chi connectivity index (χ3v) is 3.52. The zero-order valence-electron chi connectivity index (χ0n) is 14.2. The SMILES string of the molecule is COc1cccc(OCCNC(=O)NCCc2ccc(C)cc2)c1. The molecule has 0 saturated heterocycles. The first kappa shape index (κ1) is 17.7. The number of nitrogens with one attached hydrogen (secondary N) is 2. The van der Waals surface area contributed by atoms with Gasteiger partial charge in [0, 0.05) is 12.6 Å². The summed E-state index contributed by atoms with van der Waals surface area (Å²) in [6, 6.07) is 15.5. The Kier molecular flexibility index (Phi) is 6.95. The molecule has 0 fully saturated rings. The van der Waals surface area contributed by atoms with Crippen LogP contribution < -0.4 is 20.1 Å². The number of hydrogen-bond acceptors (Lipinski definition) is 3. The Labute approximate surface area is 143 Å². The van der Waals surface area contributed by atoms with Crippen LogP contribution in [0.4, 0.5) is 4.79 Å². The third kappa shape index (κ3) is 6.20. The molecule has 128 valence electrons. The molecule has 0 unspecified atom stereocenters. The number of carbonyl (C=O) groups is 1. The van der Waals surface area contributed by atoms with E-state index in [0.717, 1.165) is 17.9 Å². The number of benzene rings is 2. The summed E-state index contributed by atoms with van der Waals surface area (Å²) < 4.78 is 10.7. The molecule has 24 heavy (non-hydrogen) atoms. The van der Waals surface area contributed by atoms with Gasteiger partial charge in [0.25, 0.3) is 0 Å². The van der Waals surface area contributed by atoms with Crippen molar-refractivity contribution in [1.29, 1.82) is 0 Å². The molecule has 0 aliphatic heterocycles. The minimum Gasteiger partial charge on any atom is -0.497 e. The number of aryl methyl sites for hydroxylation is 1. The fourth-order valence-electron chi connectivity index (χ4n) is 2.16. The highest BCUT2D eigenvalue weighted by molar-refractivity contribution is 5.73. The first-order valence-corrected chi connectivity index (χ1v) is 8.01. The summed E-state index contributed by atoms with van der Waals surface area (Å²) in [5.41, 5.74) is 2.45. The summed E-state index contributed by atoms with van der Waals surface area (Å²) >= 11 is 0. The van der Waals surface area contributed by atoms with Crippen molar-refractivity contribution in [3.63, 3.8) is 0 Å². The molecular weight excluding hydrogens is 304 g/mol. The Bertz CT molecular complexity index is 641. The van der Waals surface area contributed by atoms with Crippen molar-refractivity contribution in [2.75, 3.05) is 26.8 Å². The van der Waals surface area contributed by atoms with Gasteiger partial charge in [-0.15, -0.1) is 0 Å². The Morgan fingerprint density at radius 2 is 1.71 bits per heavy atom. The molecule has 0 spiro atoms. The smallest absolute Gasteiger partial charge is 0.314 e. The lowest BCUT2D eigenvalue weighted by Crippen LogP contribution is -2.38. The number of ether oxygens (including phenoxy) is 2. The van der Waals surface area contributed by atoms with Gasteiger partial charge in [0.05, 0.1) is 13.7 Å². The van der Waals surface area contributed by atoms with E-state index in [-0.39, 0.29) is 6.03 Å².